The first kappa shape index (κ1) is 15.3. The molecule has 0 aromatic heterocycles. The largest absolute Gasteiger partial charge is 0.397 e. The van der Waals surface area contributed by atoms with Gasteiger partial charge in [-0.1, -0.05) is 11.6 Å². The van der Waals surface area contributed by atoms with Gasteiger partial charge in [0.2, 0.25) is 5.91 Å². The van der Waals surface area contributed by atoms with Gasteiger partial charge in [0, 0.05) is 22.4 Å². The maximum absolute atomic E-state index is 12.1. The first-order valence-corrected chi connectivity index (χ1v) is 8.07. The van der Waals surface area contributed by atoms with E-state index in [4.69, 9.17) is 22.1 Å². The first-order chi connectivity index (χ1) is 9.47. The fraction of sp³-hybridized carbons (Fsp3) is 0.462. The molecule has 7 heteroatoms. The Hall–Kier alpha value is -1.11. The molecule has 20 heavy (non-hydrogen) atoms. The summed E-state index contributed by atoms with van der Waals surface area (Å²) in [5.74, 6) is -0.402. The molecule has 0 bridgehead atoms. The maximum Gasteiger partial charge on any atom is 0.237 e. The van der Waals surface area contributed by atoms with Crippen LogP contribution in [-0.2, 0) is 20.3 Å². The Kier molecular flexibility index (Phi) is 5.01. The van der Waals surface area contributed by atoms with Crippen LogP contribution in [0.25, 0.3) is 0 Å². The molecule has 1 aliphatic rings. The van der Waals surface area contributed by atoms with Crippen molar-refractivity contribution >= 4 is 39.7 Å². The highest BCUT2D eigenvalue weighted by Crippen LogP contribution is 2.23. The minimum absolute atomic E-state index is 0.0652. The smallest absolute Gasteiger partial charge is 0.237 e. The Balaban J connectivity index is 1.95. The van der Waals surface area contributed by atoms with Crippen LogP contribution < -0.4 is 11.1 Å². The number of benzene rings is 1. The van der Waals surface area contributed by atoms with Crippen LogP contribution in [0.1, 0.15) is 13.3 Å². The van der Waals surface area contributed by atoms with Crippen molar-refractivity contribution in [3.05, 3.63) is 23.2 Å². The number of nitrogen functional groups attached to an aromatic ring is 1. The third kappa shape index (κ3) is 3.71. The zero-order chi connectivity index (χ0) is 14.7. The normalized spacial score (nSPS) is 23.5. The highest BCUT2D eigenvalue weighted by atomic mass is 35.5. The molecule has 1 aromatic rings. The molecule has 1 aliphatic heterocycles. The summed E-state index contributed by atoms with van der Waals surface area (Å²) >= 11 is 5.85. The topological polar surface area (TPSA) is 81.4 Å². The average molecular weight is 317 g/mol. The molecule has 0 aliphatic carbocycles. The molecule has 1 saturated heterocycles. The number of amides is 1. The van der Waals surface area contributed by atoms with E-state index < -0.39 is 10.8 Å². The standard InChI is InChI=1S/C13H17ClN2O3S/c1-8-12(4-5-19-8)20(18)7-13(17)16-11-6-9(14)2-3-10(11)15/h2-3,6,8,12H,4-5,7,15H2,1H3,(H,16,17). The number of ether oxygens (including phenoxy) is 1. The van der Waals surface area contributed by atoms with Gasteiger partial charge in [-0.05, 0) is 31.5 Å². The second kappa shape index (κ2) is 6.56. The Morgan fingerprint density at radius 2 is 2.35 bits per heavy atom. The number of nitrogens with one attached hydrogen (secondary N) is 1. The zero-order valence-corrected chi connectivity index (χ0v) is 12.7. The molecule has 3 N–H and O–H groups in total. The lowest BCUT2D eigenvalue weighted by Gasteiger charge is -2.14. The van der Waals surface area contributed by atoms with Gasteiger partial charge >= 0.3 is 0 Å². The van der Waals surface area contributed by atoms with Gasteiger partial charge in [-0.25, -0.2) is 0 Å². The van der Waals surface area contributed by atoms with Gasteiger partial charge in [-0.15, -0.1) is 0 Å². The highest BCUT2D eigenvalue weighted by molar-refractivity contribution is 7.86. The molecule has 5 nitrogen and oxygen atoms in total. The van der Waals surface area contributed by atoms with Gasteiger partial charge in [0.1, 0.15) is 5.75 Å². The van der Waals surface area contributed by atoms with Gasteiger partial charge in [-0.3, -0.25) is 9.00 Å². The van der Waals surface area contributed by atoms with Crippen LogP contribution in [0.4, 0.5) is 11.4 Å². The van der Waals surface area contributed by atoms with E-state index in [1.54, 1.807) is 18.2 Å². The van der Waals surface area contributed by atoms with E-state index >= 15 is 0 Å². The summed E-state index contributed by atoms with van der Waals surface area (Å²) in [7, 11) is -1.25. The van der Waals surface area contributed by atoms with Crippen molar-refractivity contribution in [2.45, 2.75) is 24.7 Å². The van der Waals surface area contributed by atoms with E-state index in [-0.39, 0.29) is 23.0 Å². The summed E-state index contributed by atoms with van der Waals surface area (Å²) in [5.41, 5.74) is 6.61. The van der Waals surface area contributed by atoms with E-state index in [1.807, 2.05) is 6.92 Å². The number of hydrogen-bond acceptors (Lipinski definition) is 4. The average Bonchev–Trinajstić information content (AvgIpc) is 2.80. The predicted molar refractivity (Wildman–Crippen MR) is 81.3 cm³/mol. The summed E-state index contributed by atoms with van der Waals surface area (Å²) in [5, 5.41) is 3.03. The van der Waals surface area contributed by atoms with Crippen LogP contribution in [0.5, 0.6) is 0 Å². The number of anilines is 2. The van der Waals surface area contributed by atoms with Gasteiger partial charge in [0.25, 0.3) is 0 Å². The third-order valence-electron chi connectivity index (χ3n) is 3.21. The van der Waals surface area contributed by atoms with Crippen LogP contribution >= 0.6 is 11.6 Å². The van der Waals surface area contributed by atoms with Crippen molar-refractivity contribution in [3.8, 4) is 0 Å². The number of rotatable bonds is 4. The molecule has 0 radical (unpaired) electrons. The van der Waals surface area contributed by atoms with Gasteiger partial charge in [-0.2, -0.15) is 0 Å². The molecule has 110 valence electrons. The second-order valence-corrected chi connectivity index (χ2v) is 6.80. The van der Waals surface area contributed by atoms with Crippen molar-refractivity contribution in [2.75, 3.05) is 23.4 Å². The lowest BCUT2D eigenvalue weighted by molar-refractivity contribution is -0.113. The molecular formula is C13H17ClN2O3S. The molecule has 1 amide bonds. The van der Waals surface area contributed by atoms with Crippen molar-refractivity contribution in [3.63, 3.8) is 0 Å². The number of nitrogens with two attached hydrogens (primary N) is 1. The summed E-state index contributed by atoms with van der Waals surface area (Å²) < 4.78 is 17.5. The summed E-state index contributed by atoms with van der Waals surface area (Å²) in [6, 6.07) is 4.82. The maximum atomic E-state index is 12.1. The second-order valence-electron chi connectivity index (χ2n) is 4.71. The number of carbonyl (C=O) groups excluding carboxylic acids is 1. The van der Waals surface area contributed by atoms with Crippen LogP contribution in [0.15, 0.2) is 18.2 Å². The fourth-order valence-electron chi connectivity index (χ4n) is 2.12. The van der Waals surface area contributed by atoms with Gasteiger partial charge in [0.15, 0.2) is 0 Å². The third-order valence-corrected chi connectivity index (χ3v) is 5.28. The van der Waals surface area contributed by atoms with Crippen LogP contribution in [0, 0.1) is 0 Å². The molecular weight excluding hydrogens is 300 g/mol. The molecule has 1 heterocycles. The predicted octanol–water partition coefficient (Wildman–Crippen LogP) is 1.79. The Bertz CT molecular complexity index is 538. The molecule has 0 saturated carbocycles. The van der Waals surface area contributed by atoms with Crippen LogP contribution in [-0.4, -0.2) is 33.8 Å². The summed E-state index contributed by atoms with van der Waals surface area (Å²) in [6.45, 7) is 2.48. The van der Waals surface area contributed by atoms with E-state index in [1.165, 1.54) is 0 Å². The van der Waals surface area contributed by atoms with E-state index in [9.17, 15) is 9.00 Å². The summed E-state index contributed by atoms with van der Waals surface area (Å²) in [4.78, 5) is 11.9. The molecule has 1 fully saturated rings. The molecule has 3 atom stereocenters. The Morgan fingerprint density at radius 3 is 3.00 bits per heavy atom. The minimum atomic E-state index is -1.25. The Morgan fingerprint density at radius 1 is 1.60 bits per heavy atom. The number of halogens is 1. The van der Waals surface area contributed by atoms with Crippen molar-refractivity contribution in [2.24, 2.45) is 0 Å². The van der Waals surface area contributed by atoms with E-state index in [0.717, 1.165) is 6.42 Å². The lowest BCUT2D eigenvalue weighted by atomic mass is 10.2. The summed E-state index contributed by atoms with van der Waals surface area (Å²) in [6.07, 6.45) is 0.653. The number of carbonyl (C=O) groups is 1. The minimum Gasteiger partial charge on any atom is -0.397 e. The van der Waals surface area contributed by atoms with E-state index in [2.05, 4.69) is 5.32 Å². The first-order valence-electron chi connectivity index (χ1n) is 6.31. The van der Waals surface area contributed by atoms with Gasteiger partial charge in [0.05, 0.1) is 22.7 Å². The zero-order valence-electron chi connectivity index (χ0n) is 11.1. The van der Waals surface area contributed by atoms with E-state index in [0.29, 0.717) is 23.0 Å². The molecule has 1 aromatic carbocycles. The molecule has 0 spiro atoms. The Labute approximate surface area is 125 Å². The SMILES string of the molecule is CC1OCCC1S(=O)CC(=O)Nc1cc(Cl)ccc1N. The van der Waals surface area contributed by atoms with Crippen LogP contribution in [0.2, 0.25) is 5.02 Å². The molecule has 3 unspecified atom stereocenters. The van der Waals surface area contributed by atoms with Crippen molar-refractivity contribution in [1.82, 2.24) is 0 Å². The fourth-order valence-corrected chi connectivity index (χ4v) is 3.70. The van der Waals surface area contributed by atoms with Crippen molar-refractivity contribution in [1.29, 1.82) is 0 Å². The van der Waals surface area contributed by atoms with Crippen molar-refractivity contribution < 1.29 is 13.7 Å². The lowest BCUT2D eigenvalue weighted by Crippen LogP contribution is -2.30. The molecule has 2 rings (SSSR count). The van der Waals surface area contributed by atoms with Crippen LogP contribution in [0.3, 0.4) is 0 Å². The van der Waals surface area contributed by atoms with Gasteiger partial charge < -0.3 is 15.8 Å². The quantitative estimate of drug-likeness (QED) is 0.830. The number of hydrogen-bond donors (Lipinski definition) is 2. The monoisotopic (exact) mass is 316 g/mol. The highest BCUT2D eigenvalue weighted by Gasteiger charge is 2.30.